The van der Waals surface area contributed by atoms with Gasteiger partial charge in [0.15, 0.2) is 0 Å². The van der Waals surface area contributed by atoms with Gasteiger partial charge in [-0.15, -0.1) is 0 Å². The summed E-state index contributed by atoms with van der Waals surface area (Å²) in [5.74, 6) is 0.401. The summed E-state index contributed by atoms with van der Waals surface area (Å²) in [4.78, 5) is 2.26. The first-order valence-electron chi connectivity index (χ1n) is 7.22. The minimum absolute atomic E-state index is 0.218. The van der Waals surface area contributed by atoms with Crippen molar-refractivity contribution in [2.75, 3.05) is 19.6 Å². The molecule has 3 nitrogen and oxygen atoms in total. The van der Waals surface area contributed by atoms with Crippen LogP contribution in [-0.2, 0) is 0 Å². The maximum atomic E-state index is 10.3. The lowest BCUT2D eigenvalue weighted by atomic mass is 9.95. The Morgan fingerprint density at radius 3 is 2.79 bits per heavy atom. The van der Waals surface area contributed by atoms with Gasteiger partial charge in [0, 0.05) is 13.1 Å². The highest BCUT2D eigenvalue weighted by Gasteiger charge is 2.24. The van der Waals surface area contributed by atoms with E-state index in [-0.39, 0.29) is 6.10 Å². The fourth-order valence-electron chi connectivity index (χ4n) is 2.74. The summed E-state index contributed by atoms with van der Waals surface area (Å²) >= 11 is 0. The van der Waals surface area contributed by atoms with Gasteiger partial charge in [-0.25, -0.2) is 0 Å². The molecule has 2 N–H and O–H groups in total. The molecule has 3 heteroatoms. The Bertz CT molecular complexity index is 407. The lowest BCUT2D eigenvalue weighted by molar-refractivity contribution is 0.0226. The average Bonchev–Trinajstić information content (AvgIpc) is 2.40. The number of aliphatic hydroxyl groups excluding tert-OH is 2. The van der Waals surface area contributed by atoms with Crippen molar-refractivity contribution >= 4 is 0 Å². The second kappa shape index (κ2) is 6.51. The summed E-state index contributed by atoms with van der Waals surface area (Å²) in [5, 5.41) is 20.1. The van der Waals surface area contributed by atoms with Gasteiger partial charge in [0.25, 0.3) is 0 Å². The fourth-order valence-corrected chi connectivity index (χ4v) is 2.74. The van der Waals surface area contributed by atoms with E-state index in [1.807, 2.05) is 31.2 Å². The molecular formula is C16H25NO2. The molecule has 1 fully saturated rings. The Balaban J connectivity index is 1.84. The number of β-amino-alcohol motifs (C(OH)–C–C–N with tert-alkyl or cyclic N) is 1. The molecule has 0 saturated carbocycles. The highest BCUT2D eigenvalue weighted by Crippen LogP contribution is 2.22. The number of likely N-dealkylation sites (tertiary alicyclic amines) is 1. The smallest absolute Gasteiger partial charge is 0.0804 e. The van der Waals surface area contributed by atoms with Crippen LogP contribution in [0.2, 0.25) is 0 Å². The van der Waals surface area contributed by atoms with Crippen LogP contribution in [-0.4, -0.2) is 40.9 Å². The molecule has 1 heterocycles. The van der Waals surface area contributed by atoms with Crippen LogP contribution in [0.25, 0.3) is 0 Å². The first-order chi connectivity index (χ1) is 9.08. The molecule has 1 aliphatic heterocycles. The molecule has 0 bridgehead atoms. The Hall–Kier alpha value is -0.900. The molecule has 0 radical (unpaired) electrons. The Labute approximate surface area is 115 Å². The highest BCUT2D eigenvalue weighted by atomic mass is 16.3. The Morgan fingerprint density at radius 2 is 2.11 bits per heavy atom. The molecule has 1 aromatic carbocycles. The molecule has 106 valence electrons. The Morgan fingerprint density at radius 1 is 1.37 bits per heavy atom. The van der Waals surface area contributed by atoms with Gasteiger partial charge in [0.2, 0.25) is 0 Å². The average molecular weight is 263 g/mol. The summed E-state index contributed by atoms with van der Waals surface area (Å²) in [6.45, 7) is 6.74. The molecule has 0 aromatic heterocycles. The van der Waals surface area contributed by atoms with Crippen molar-refractivity contribution < 1.29 is 10.2 Å². The number of hydrogen-bond donors (Lipinski definition) is 2. The predicted molar refractivity (Wildman–Crippen MR) is 77.0 cm³/mol. The monoisotopic (exact) mass is 263 g/mol. The topological polar surface area (TPSA) is 43.7 Å². The summed E-state index contributed by atoms with van der Waals surface area (Å²) in [6, 6.07) is 7.99. The molecule has 3 unspecified atom stereocenters. The van der Waals surface area contributed by atoms with Crippen LogP contribution in [0.15, 0.2) is 24.3 Å². The van der Waals surface area contributed by atoms with Crippen molar-refractivity contribution in [2.45, 2.75) is 38.9 Å². The largest absolute Gasteiger partial charge is 0.392 e. The number of rotatable bonds is 4. The zero-order valence-electron chi connectivity index (χ0n) is 11.9. The van der Waals surface area contributed by atoms with Crippen LogP contribution in [0, 0.1) is 12.8 Å². The number of aryl methyl sites for hydroxylation is 1. The van der Waals surface area contributed by atoms with E-state index in [0.29, 0.717) is 5.92 Å². The van der Waals surface area contributed by atoms with Gasteiger partial charge in [-0.05, 0) is 43.4 Å². The van der Waals surface area contributed by atoms with E-state index < -0.39 is 6.10 Å². The first kappa shape index (κ1) is 14.5. The molecule has 1 aliphatic rings. The number of aliphatic hydroxyl groups is 2. The SMILES string of the molecule is Cc1ccccc1C(O)CCN1CCC(C)C(O)C1. The van der Waals surface area contributed by atoms with Crippen LogP contribution in [0.3, 0.4) is 0 Å². The lowest BCUT2D eigenvalue weighted by Crippen LogP contribution is -2.43. The minimum Gasteiger partial charge on any atom is -0.392 e. The summed E-state index contributed by atoms with van der Waals surface area (Å²) in [7, 11) is 0. The van der Waals surface area contributed by atoms with Crippen LogP contribution >= 0.6 is 0 Å². The molecule has 1 saturated heterocycles. The number of piperidine rings is 1. The van der Waals surface area contributed by atoms with Gasteiger partial charge in [-0.2, -0.15) is 0 Å². The molecular weight excluding hydrogens is 238 g/mol. The lowest BCUT2D eigenvalue weighted by Gasteiger charge is -2.34. The van der Waals surface area contributed by atoms with E-state index in [0.717, 1.165) is 43.6 Å². The van der Waals surface area contributed by atoms with Crippen molar-refractivity contribution in [2.24, 2.45) is 5.92 Å². The van der Waals surface area contributed by atoms with E-state index in [9.17, 15) is 10.2 Å². The van der Waals surface area contributed by atoms with E-state index in [1.165, 1.54) is 0 Å². The van der Waals surface area contributed by atoms with E-state index in [4.69, 9.17) is 0 Å². The third-order valence-electron chi connectivity index (χ3n) is 4.27. The minimum atomic E-state index is -0.405. The molecule has 0 amide bonds. The quantitative estimate of drug-likeness (QED) is 0.874. The van der Waals surface area contributed by atoms with Crippen molar-refractivity contribution in [1.82, 2.24) is 4.90 Å². The zero-order valence-corrected chi connectivity index (χ0v) is 11.9. The van der Waals surface area contributed by atoms with Crippen LogP contribution < -0.4 is 0 Å². The van der Waals surface area contributed by atoms with Crippen molar-refractivity contribution in [1.29, 1.82) is 0 Å². The number of benzene rings is 1. The fraction of sp³-hybridized carbons (Fsp3) is 0.625. The van der Waals surface area contributed by atoms with Gasteiger partial charge >= 0.3 is 0 Å². The third kappa shape index (κ3) is 3.78. The molecule has 1 aromatic rings. The van der Waals surface area contributed by atoms with Gasteiger partial charge in [-0.3, -0.25) is 0 Å². The maximum Gasteiger partial charge on any atom is 0.0804 e. The van der Waals surface area contributed by atoms with E-state index in [1.54, 1.807) is 0 Å². The Kier molecular flexibility index (Phi) is 4.97. The first-order valence-corrected chi connectivity index (χ1v) is 7.22. The van der Waals surface area contributed by atoms with Crippen LogP contribution in [0.5, 0.6) is 0 Å². The number of hydrogen-bond acceptors (Lipinski definition) is 3. The molecule has 0 spiro atoms. The molecule has 3 atom stereocenters. The second-order valence-corrected chi connectivity index (χ2v) is 5.79. The third-order valence-corrected chi connectivity index (χ3v) is 4.27. The maximum absolute atomic E-state index is 10.3. The van der Waals surface area contributed by atoms with Crippen LogP contribution in [0.1, 0.15) is 37.0 Å². The van der Waals surface area contributed by atoms with Crippen molar-refractivity contribution in [3.63, 3.8) is 0 Å². The predicted octanol–water partition coefficient (Wildman–Crippen LogP) is 2.12. The molecule has 2 rings (SSSR count). The van der Waals surface area contributed by atoms with Gasteiger partial charge in [0.1, 0.15) is 0 Å². The van der Waals surface area contributed by atoms with Crippen LogP contribution in [0.4, 0.5) is 0 Å². The van der Waals surface area contributed by atoms with E-state index in [2.05, 4.69) is 11.8 Å². The summed E-state index contributed by atoms with van der Waals surface area (Å²) < 4.78 is 0. The zero-order chi connectivity index (χ0) is 13.8. The van der Waals surface area contributed by atoms with Gasteiger partial charge in [-0.1, -0.05) is 31.2 Å². The normalized spacial score (nSPS) is 26.3. The second-order valence-electron chi connectivity index (χ2n) is 5.79. The van der Waals surface area contributed by atoms with Gasteiger partial charge < -0.3 is 15.1 Å². The van der Waals surface area contributed by atoms with Crippen molar-refractivity contribution in [3.05, 3.63) is 35.4 Å². The van der Waals surface area contributed by atoms with Gasteiger partial charge in [0.05, 0.1) is 12.2 Å². The molecule has 0 aliphatic carbocycles. The summed E-state index contributed by atoms with van der Waals surface area (Å²) in [6.07, 6.45) is 1.15. The summed E-state index contributed by atoms with van der Waals surface area (Å²) in [5.41, 5.74) is 2.16. The number of nitrogens with zero attached hydrogens (tertiary/aromatic N) is 1. The van der Waals surface area contributed by atoms with E-state index >= 15 is 0 Å². The van der Waals surface area contributed by atoms with Crippen molar-refractivity contribution in [3.8, 4) is 0 Å². The highest BCUT2D eigenvalue weighted by molar-refractivity contribution is 5.27. The standard InChI is InChI=1S/C16H25NO2/c1-12-5-3-4-6-14(12)15(18)8-10-17-9-7-13(2)16(19)11-17/h3-6,13,15-16,18-19H,7-11H2,1-2H3. The molecule has 19 heavy (non-hydrogen) atoms.